The molecule has 0 aliphatic rings. The van der Waals surface area contributed by atoms with E-state index >= 15 is 0 Å². The molecule has 1 rings (SSSR count). The lowest BCUT2D eigenvalue weighted by atomic mass is 10.1. The maximum absolute atomic E-state index is 11.8. The van der Waals surface area contributed by atoms with E-state index in [2.05, 4.69) is 10.7 Å². The van der Waals surface area contributed by atoms with Crippen LogP contribution in [0.2, 0.25) is 0 Å². The van der Waals surface area contributed by atoms with Gasteiger partial charge in [0.05, 0.1) is 5.56 Å². The van der Waals surface area contributed by atoms with Gasteiger partial charge in [-0.1, -0.05) is 11.6 Å². The number of nitrogens with zero attached hydrogens (tertiary/aromatic N) is 1. The van der Waals surface area contributed by atoms with Crippen LogP contribution in [-0.4, -0.2) is 32.1 Å². The fourth-order valence-corrected chi connectivity index (χ4v) is 1.33. The number of carbonyl (C=O) groups excluding carboxylic acids is 1. The lowest BCUT2D eigenvalue weighted by Gasteiger charge is -2.14. The molecule has 0 radical (unpaired) electrons. The molecule has 0 heterocycles. The SMILES string of the molecule is CNc1ccc(C)cc1C(=O)NN(C)C. The third-order valence-corrected chi connectivity index (χ3v) is 2.01. The van der Waals surface area contributed by atoms with Crippen LogP contribution in [-0.2, 0) is 0 Å². The molecule has 4 nitrogen and oxygen atoms in total. The van der Waals surface area contributed by atoms with E-state index in [4.69, 9.17) is 0 Å². The minimum Gasteiger partial charge on any atom is -0.387 e. The average Bonchev–Trinajstić information content (AvgIpc) is 2.16. The summed E-state index contributed by atoms with van der Waals surface area (Å²) in [6.07, 6.45) is 0. The first-order chi connectivity index (χ1) is 7.04. The molecule has 0 spiro atoms. The van der Waals surface area contributed by atoms with Gasteiger partial charge in [-0.05, 0) is 19.1 Å². The highest BCUT2D eigenvalue weighted by atomic mass is 16.2. The molecule has 0 bridgehead atoms. The van der Waals surface area contributed by atoms with Crippen molar-refractivity contribution in [3.63, 3.8) is 0 Å². The van der Waals surface area contributed by atoms with Crippen LogP contribution in [0.1, 0.15) is 15.9 Å². The zero-order chi connectivity index (χ0) is 11.4. The number of hydrazine groups is 1. The van der Waals surface area contributed by atoms with Gasteiger partial charge in [-0.2, -0.15) is 0 Å². The van der Waals surface area contributed by atoms with Crippen molar-refractivity contribution < 1.29 is 4.79 Å². The van der Waals surface area contributed by atoms with Gasteiger partial charge in [0.2, 0.25) is 0 Å². The van der Waals surface area contributed by atoms with Gasteiger partial charge in [0.25, 0.3) is 5.91 Å². The number of rotatable bonds is 3. The highest BCUT2D eigenvalue weighted by Gasteiger charge is 2.10. The number of nitrogens with one attached hydrogen (secondary N) is 2. The second-order valence-electron chi connectivity index (χ2n) is 3.63. The van der Waals surface area contributed by atoms with E-state index in [1.165, 1.54) is 0 Å². The topological polar surface area (TPSA) is 44.4 Å². The van der Waals surface area contributed by atoms with Crippen LogP contribution >= 0.6 is 0 Å². The smallest absolute Gasteiger partial charge is 0.267 e. The Balaban J connectivity index is 3.00. The fraction of sp³-hybridized carbons (Fsp3) is 0.364. The summed E-state index contributed by atoms with van der Waals surface area (Å²) in [5.74, 6) is -0.104. The monoisotopic (exact) mass is 207 g/mol. The van der Waals surface area contributed by atoms with Crippen LogP contribution in [0.15, 0.2) is 18.2 Å². The summed E-state index contributed by atoms with van der Waals surface area (Å²) < 4.78 is 0. The molecule has 0 saturated carbocycles. The van der Waals surface area contributed by atoms with Crippen molar-refractivity contribution in [1.29, 1.82) is 0 Å². The average molecular weight is 207 g/mol. The number of aryl methyl sites for hydroxylation is 1. The first-order valence-corrected chi connectivity index (χ1v) is 4.81. The van der Waals surface area contributed by atoms with Gasteiger partial charge >= 0.3 is 0 Å². The van der Waals surface area contributed by atoms with E-state index in [-0.39, 0.29) is 5.91 Å². The molecule has 0 aliphatic heterocycles. The Morgan fingerprint density at radius 3 is 2.53 bits per heavy atom. The molecule has 0 aromatic heterocycles. The van der Waals surface area contributed by atoms with Gasteiger partial charge in [0.1, 0.15) is 0 Å². The molecule has 0 unspecified atom stereocenters. The van der Waals surface area contributed by atoms with Gasteiger partial charge in [0.15, 0.2) is 0 Å². The number of amides is 1. The van der Waals surface area contributed by atoms with Crippen LogP contribution in [0.3, 0.4) is 0 Å². The fourth-order valence-electron chi connectivity index (χ4n) is 1.33. The van der Waals surface area contributed by atoms with E-state index in [0.29, 0.717) is 5.56 Å². The van der Waals surface area contributed by atoms with Crippen LogP contribution < -0.4 is 10.7 Å². The van der Waals surface area contributed by atoms with Crippen LogP contribution in [0.4, 0.5) is 5.69 Å². The highest BCUT2D eigenvalue weighted by Crippen LogP contribution is 2.16. The largest absolute Gasteiger partial charge is 0.387 e. The number of hydrogen-bond donors (Lipinski definition) is 2. The van der Waals surface area contributed by atoms with Gasteiger partial charge < -0.3 is 5.32 Å². The first-order valence-electron chi connectivity index (χ1n) is 4.81. The van der Waals surface area contributed by atoms with E-state index in [1.807, 2.05) is 25.1 Å². The number of hydrogen-bond acceptors (Lipinski definition) is 3. The minimum atomic E-state index is -0.104. The van der Waals surface area contributed by atoms with Crippen molar-refractivity contribution in [2.45, 2.75) is 6.92 Å². The first kappa shape index (κ1) is 11.5. The Bertz CT molecular complexity index is 361. The highest BCUT2D eigenvalue weighted by molar-refractivity contribution is 5.99. The van der Waals surface area contributed by atoms with Crippen LogP contribution in [0, 0.1) is 6.92 Å². The molecule has 0 fully saturated rings. The third kappa shape index (κ3) is 2.95. The summed E-state index contributed by atoms with van der Waals surface area (Å²) in [4.78, 5) is 11.8. The molecule has 0 saturated heterocycles. The Morgan fingerprint density at radius 2 is 2.00 bits per heavy atom. The summed E-state index contributed by atoms with van der Waals surface area (Å²) in [6.45, 7) is 1.96. The maximum atomic E-state index is 11.8. The quantitative estimate of drug-likeness (QED) is 0.733. The maximum Gasteiger partial charge on any atom is 0.267 e. The molecule has 1 aromatic rings. The van der Waals surface area contributed by atoms with E-state index in [9.17, 15) is 4.79 Å². The Labute approximate surface area is 90.2 Å². The predicted octanol–water partition coefficient (Wildman–Crippen LogP) is 1.24. The van der Waals surface area contributed by atoms with Crippen molar-refractivity contribution in [1.82, 2.24) is 10.4 Å². The third-order valence-electron chi connectivity index (χ3n) is 2.01. The summed E-state index contributed by atoms with van der Waals surface area (Å²) >= 11 is 0. The number of carbonyl (C=O) groups is 1. The standard InChI is InChI=1S/C11H17N3O/c1-8-5-6-10(12-2)9(7-8)11(15)13-14(3)4/h5-7,12H,1-4H3,(H,13,15). The molecule has 2 N–H and O–H groups in total. The molecule has 4 heteroatoms. The van der Waals surface area contributed by atoms with Crippen LogP contribution in [0.25, 0.3) is 0 Å². The molecule has 0 atom stereocenters. The van der Waals surface area contributed by atoms with Crippen molar-refractivity contribution in [3.8, 4) is 0 Å². The Morgan fingerprint density at radius 1 is 1.33 bits per heavy atom. The lowest BCUT2D eigenvalue weighted by Crippen LogP contribution is -2.36. The molecule has 1 aromatic carbocycles. The van der Waals surface area contributed by atoms with Crippen molar-refractivity contribution in [2.24, 2.45) is 0 Å². The number of benzene rings is 1. The molecule has 82 valence electrons. The van der Waals surface area contributed by atoms with Crippen LogP contribution in [0.5, 0.6) is 0 Å². The van der Waals surface area contributed by atoms with E-state index in [1.54, 1.807) is 26.2 Å². The summed E-state index contributed by atoms with van der Waals surface area (Å²) in [6, 6.07) is 5.74. The molecular formula is C11H17N3O. The molecular weight excluding hydrogens is 190 g/mol. The van der Waals surface area contributed by atoms with E-state index < -0.39 is 0 Å². The Kier molecular flexibility index (Phi) is 3.68. The summed E-state index contributed by atoms with van der Waals surface area (Å²) in [5, 5.41) is 4.63. The molecule has 0 aliphatic carbocycles. The zero-order valence-corrected chi connectivity index (χ0v) is 9.59. The van der Waals surface area contributed by atoms with Gasteiger partial charge in [-0.3, -0.25) is 10.2 Å². The molecule has 15 heavy (non-hydrogen) atoms. The summed E-state index contributed by atoms with van der Waals surface area (Å²) in [7, 11) is 5.37. The van der Waals surface area contributed by atoms with Gasteiger partial charge in [-0.25, -0.2) is 5.01 Å². The summed E-state index contributed by atoms with van der Waals surface area (Å²) in [5.41, 5.74) is 5.27. The second kappa shape index (κ2) is 4.79. The van der Waals surface area contributed by atoms with Gasteiger partial charge in [-0.15, -0.1) is 0 Å². The lowest BCUT2D eigenvalue weighted by molar-refractivity contribution is 0.0857. The van der Waals surface area contributed by atoms with Gasteiger partial charge in [0, 0.05) is 26.8 Å². The zero-order valence-electron chi connectivity index (χ0n) is 9.59. The minimum absolute atomic E-state index is 0.104. The van der Waals surface area contributed by atoms with Crippen molar-refractivity contribution >= 4 is 11.6 Å². The number of anilines is 1. The second-order valence-corrected chi connectivity index (χ2v) is 3.63. The van der Waals surface area contributed by atoms with Crippen molar-refractivity contribution in [2.75, 3.05) is 26.5 Å². The Hall–Kier alpha value is -1.55. The van der Waals surface area contributed by atoms with E-state index in [0.717, 1.165) is 11.3 Å². The normalized spacial score (nSPS) is 10.2. The van der Waals surface area contributed by atoms with Crippen molar-refractivity contribution in [3.05, 3.63) is 29.3 Å². The molecule has 1 amide bonds. The predicted molar refractivity (Wildman–Crippen MR) is 61.9 cm³/mol.